The van der Waals surface area contributed by atoms with Gasteiger partial charge in [-0.25, -0.2) is 4.79 Å². The topological polar surface area (TPSA) is 72.9 Å². The highest BCUT2D eigenvalue weighted by atomic mass is 16.6. The van der Waals surface area contributed by atoms with E-state index in [1.807, 2.05) is 13.8 Å². The van der Waals surface area contributed by atoms with Crippen LogP contribution < -0.4 is 4.90 Å². The van der Waals surface area contributed by atoms with Gasteiger partial charge >= 0.3 is 12.1 Å². The molecular weight excluding hydrogens is 310 g/mol. The summed E-state index contributed by atoms with van der Waals surface area (Å²) in [5.74, 6) is -1.81. The Kier molecular flexibility index (Phi) is 5.26. The molecule has 1 unspecified atom stereocenters. The summed E-state index contributed by atoms with van der Waals surface area (Å²) in [6, 6.07) is 3.52. The number of fused-ring (bicyclic) bond motifs is 1. The SMILES string of the molecule is COC(=O)C1CCN(C(=O)OC(C)C)c2cc(C)c(C)cc2C1=O. The first-order valence-corrected chi connectivity index (χ1v) is 7.97. The van der Waals surface area contributed by atoms with Crippen molar-refractivity contribution >= 4 is 23.5 Å². The molecule has 0 fully saturated rings. The summed E-state index contributed by atoms with van der Waals surface area (Å²) in [7, 11) is 1.26. The molecule has 0 saturated heterocycles. The minimum Gasteiger partial charge on any atom is -0.468 e. The fourth-order valence-electron chi connectivity index (χ4n) is 2.74. The smallest absolute Gasteiger partial charge is 0.414 e. The molecule has 0 aromatic heterocycles. The van der Waals surface area contributed by atoms with Crippen molar-refractivity contribution in [1.29, 1.82) is 0 Å². The highest BCUT2D eigenvalue weighted by Gasteiger charge is 2.37. The van der Waals surface area contributed by atoms with Gasteiger partial charge in [0.25, 0.3) is 0 Å². The van der Waals surface area contributed by atoms with Crippen LogP contribution in [0.3, 0.4) is 0 Å². The summed E-state index contributed by atoms with van der Waals surface area (Å²) in [6.07, 6.45) is -0.596. The Balaban J connectivity index is 2.54. The first kappa shape index (κ1) is 18.0. The summed E-state index contributed by atoms with van der Waals surface area (Å²) < 4.78 is 10.0. The van der Waals surface area contributed by atoms with Gasteiger partial charge in [0.05, 0.1) is 18.9 Å². The zero-order valence-corrected chi connectivity index (χ0v) is 14.7. The van der Waals surface area contributed by atoms with E-state index in [1.54, 1.807) is 26.0 Å². The van der Waals surface area contributed by atoms with Gasteiger partial charge in [0.1, 0.15) is 5.92 Å². The fourth-order valence-corrected chi connectivity index (χ4v) is 2.74. The van der Waals surface area contributed by atoms with Crippen LogP contribution >= 0.6 is 0 Å². The van der Waals surface area contributed by atoms with Crippen molar-refractivity contribution in [3.8, 4) is 0 Å². The number of esters is 1. The minimum absolute atomic E-state index is 0.200. The molecule has 0 bridgehead atoms. The molecule has 1 aromatic carbocycles. The molecule has 0 saturated carbocycles. The maximum atomic E-state index is 12.8. The van der Waals surface area contributed by atoms with E-state index in [1.165, 1.54) is 12.0 Å². The van der Waals surface area contributed by atoms with E-state index in [-0.39, 0.29) is 24.9 Å². The Labute approximate surface area is 141 Å². The Morgan fingerprint density at radius 2 is 1.83 bits per heavy atom. The second-order valence-corrected chi connectivity index (χ2v) is 6.27. The van der Waals surface area contributed by atoms with Gasteiger partial charge in [-0.3, -0.25) is 14.5 Å². The zero-order valence-electron chi connectivity index (χ0n) is 14.7. The van der Waals surface area contributed by atoms with Crippen LogP contribution in [0.1, 0.15) is 41.8 Å². The molecule has 1 aliphatic rings. The Morgan fingerprint density at radius 3 is 2.42 bits per heavy atom. The number of nitrogens with zero attached hydrogens (tertiary/aromatic N) is 1. The number of ketones is 1. The van der Waals surface area contributed by atoms with Gasteiger partial charge in [-0.05, 0) is 57.4 Å². The van der Waals surface area contributed by atoms with Gasteiger partial charge < -0.3 is 9.47 Å². The first-order valence-electron chi connectivity index (χ1n) is 7.97. The summed E-state index contributed by atoms with van der Waals surface area (Å²) in [5, 5.41) is 0. The van der Waals surface area contributed by atoms with Crippen LogP contribution in [0.2, 0.25) is 0 Å². The average molecular weight is 333 g/mol. The van der Waals surface area contributed by atoms with E-state index >= 15 is 0 Å². The largest absolute Gasteiger partial charge is 0.468 e. The Bertz CT molecular complexity index is 680. The fraction of sp³-hybridized carbons (Fsp3) is 0.500. The van der Waals surface area contributed by atoms with Crippen molar-refractivity contribution in [2.45, 2.75) is 40.2 Å². The molecule has 1 atom stereocenters. The lowest BCUT2D eigenvalue weighted by molar-refractivity contribution is -0.143. The van der Waals surface area contributed by atoms with Gasteiger partial charge in [-0.15, -0.1) is 0 Å². The van der Waals surface area contributed by atoms with Gasteiger partial charge in [0.2, 0.25) is 0 Å². The van der Waals surface area contributed by atoms with Gasteiger partial charge in [-0.1, -0.05) is 0 Å². The Hall–Kier alpha value is -2.37. The number of hydrogen-bond acceptors (Lipinski definition) is 5. The Morgan fingerprint density at radius 1 is 1.21 bits per heavy atom. The molecule has 0 radical (unpaired) electrons. The lowest BCUT2D eigenvalue weighted by Gasteiger charge is -2.24. The van der Waals surface area contributed by atoms with Crippen LogP contribution in [0.15, 0.2) is 12.1 Å². The van der Waals surface area contributed by atoms with Gasteiger partial charge in [0, 0.05) is 12.1 Å². The number of carbonyl (C=O) groups is 3. The molecule has 0 aliphatic carbocycles. The molecule has 1 heterocycles. The molecule has 1 aliphatic heterocycles. The van der Waals surface area contributed by atoms with Crippen molar-refractivity contribution in [2.24, 2.45) is 5.92 Å². The summed E-state index contributed by atoms with van der Waals surface area (Å²) in [5.41, 5.74) is 2.72. The molecule has 6 nitrogen and oxygen atoms in total. The maximum Gasteiger partial charge on any atom is 0.414 e. The van der Waals surface area contributed by atoms with Crippen molar-refractivity contribution in [2.75, 3.05) is 18.6 Å². The lowest BCUT2D eigenvalue weighted by atomic mass is 9.93. The summed E-state index contributed by atoms with van der Waals surface area (Å²) >= 11 is 0. The lowest BCUT2D eigenvalue weighted by Crippen LogP contribution is -2.34. The maximum absolute atomic E-state index is 12.8. The number of hydrogen-bond donors (Lipinski definition) is 0. The summed E-state index contributed by atoms with van der Waals surface area (Å²) in [4.78, 5) is 38.7. The normalized spacial score (nSPS) is 17.3. The number of Topliss-reactive ketones (excluding diaryl/α,β-unsaturated/α-hetero) is 1. The van der Waals surface area contributed by atoms with Crippen LogP contribution in [0.5, 0.6) is 0 Å². The van der Waals surface area contributed by atoms with Crippen LogP contribution in [-0.4, -0.2) is 37.6 Å². The van der Waals surface area contributed by atoms with Crippen LogP contribution in [0.4, 0.5) is 10.5 Å². The van der Waals surface area contributed by atoms with E-state index in [0.29, 0.717) is 11.3 Å². The number of aryl methyl sites for hydroxylation is 2. The molecular formula is C18H23NO5. The van der Waals surface area contributed by atoms with E-state index in [2.05, 4.69) is 0 Å². The zero-order chi connectivity index (χ0) is 18.0. The molecule has 1 aromatic rings. The number of ether oxygens (including phenoxy) is 2. The van der Waals surface area contributed by atoms with Gasteiger partial charge in [-0.2, -0.15) is 0 Å². The van der Waals surface area contributed by atoms with Crippen LogP contribution in [0.25, 0.3) is 0 Å². The third kappa shape index (κ3) is 3.42. The molecule has 24 heavy (non-hydrogen) atoms. The van der Waals surface area contributed by atoms with Crippen LogP contribution in [0, 0.1) is 19.8 Å². The summed E-state index contributed by atoms with van der Waals surface area (Å²) in [6.45, 7) is 7.54. The molecule has 6 heteroatoms. The van der Waals surface area contributed by atoms with Gasteiger partial charge in [0.15, 0.2) is 5.78 Å². The van der Waals surface area contributed by atoms with E-state index in [4.69, 9.17) is 9.47 Å². The van der Waals surface area contributed by atoms with Crippen molar-refractivity contribution in [3.05, 3.63) is 28.8 Å². The number of anilines is 1. The molecule has 2 rings (SSSR count). The molecule has 0 spiro atoms. The predicted octanol–water partition coefficient (Wildman–Crippen LogP) is 3.03. The monoisotopic (exact) mass is 333 g/mol. The minimum atomic E-state index is -0.910. The highest BCUT2D eigenvalue weighted by molar-refractivity contribution is 6.14. The second kappa shape index (κ2) is 7.03. The predicted molar refractivity (Wildman–Crippen MR) is 89.3 cm³/mol. The first-order chi connectivity index (χ1) is 11.3. The number of amides is 1. The van der Waals surface area contributed by atoms with E-state index < -0.39 is 18.0 Å². The number of benzene rings is 1. The average Bonchev–Trinajstić information content (AvgIpc) is 2.64. The molecule has 130 valence electrons. The van der Waals surface area contributed by atoms with Crippen molar-refractivity contribution < 1.29 is 23.9 Å². The molecule has 1 amide bonds. The van der Waals surface area contributed by atoms with E-state index in [9.17, 15) is 14.4 Å². The third-order valence-electron chi connectivity index (χ3n) is 4.17. The quantitative estimate of drug-likeness (QED) is 0.614. The molecule has 0 N–H and O–H groups in total. The second-order valence-electron chi connectivity index (χ2n) is 6.27. The number of methoxy groups -OCH3 is 1. The number of rotatable bonds is 2. The standard InChI is InChI=1S/C18H23NO5/c1-10(2)24-18(22)19-7-6-13(17(21)23-5)16(20)14-8-11(3)12(4)9-15(14)19/h8-10,13H,6-7H2,1-5H3. The number of carbonyl (C=O) groups excluding carboxylic acids is 3. The van der Waals surface area contributed by atoms with E-state index in [0.717, 1.165) is 11.1 Å². The van der Waals surface area contributed by atoms with Crippen molar-refractivity contribution in [1.82, 2.24) is 0 Å². The highest BCUT2D eigenvalue weighted by Crippen LogP contribution is 2.32. The van der Waals surface area contributed by atoms with Crippen molar-refractivity contribution in [3.63, 3.8) is 0 Å². The third-order valence-corrected chi connectivity index (χ3v) is 4.17. The van der Waals surface area contributed by atoms with Crippen LogP contribution in [-0.2, 0) is 14.3 Å².